The molecule has 2 atom stereocenters. The monoisotopic (exact) mass is 289 g/mol. The van der Waals surface area contributed by atoms with Gasteiger partial charge in [0.25, 0.3) is 0 Å². The minimum absolute atomic E-state index is 0.312. The summed E-state index contributed by atoms with van der Waals surface area (Å²) >= 11 is 1.86. The molecule has 0 N–H and O–H groups in total. The highest BCUT2D eigenvalue weighted by molar-refractivity contribution is 7.08. The first-order valence-corrected chi connectivity index (χ1v) is 9.21. The lowest BCUT2D eigenvalue weighted by Crippen LogP contribution is -2.54. The van der Waals surface area contributed by atoms with Gasteiger partial charge in [0.15, 0.2) is 0 Å². The Labute approximate surface area is 127 Å². The van der Waals surface area contributed by atoms with Crippen LogP contribution in [0.1, 0.15) is 56.9 Å². The normalized spacial score (nSPS) is 32.1. The van der Waals surface area contributed by atoms with Gasteiger partial charge < -0.3 is 0 Å². The largest absolute Gasteiger partial charge is 0.293 e. The number of rotatable bonds is 4. The molecule has 0 bridgehead atoms. The highest BCUT2D eigenvalue weighted by Crippen LogP contribution is 2.49. The second kappa shape index (κ2) is 6.44. The third kappa shape index (κ3) is 2.48. The minimum Gasteiger partial charge on any atom is -0.293 e. The average molecular weight is 289 g/mol. The molecular formula is C18H27NS. The Balaban J connectivity index is 1.98. The summed E-state index contributed by atoms with van der Waals surface area (Å²) in [6.07, 6.45) is 13.0. The molecule has 1 aliphatic carbocycles. The quantitative estimate of drug-likeness (QED) is 0.689. The number of thiophene rings is 1. The van der Waals surface area contributed by atoms with E-state index in [9.17, 15) is 0 Å². The minimum atomic E-state index is 0.312. The van der Waals surface area contributed by atoms with Crippen molar-refractivity contribution in [1.82, 2.24) is 4.90 Å². The molecule has 1 saturated heterocycles. The molecule has 2 fully saturated rings. The first-order chi connectivity index (χ1) is 9.88. The van der Waals surface area contributed by atoms with Gasteiger partial charge in [0.2, 0.25) is 0 Å². The van der Waals surface area contributed by atoms with Crippen molar-refractivity contribution >= 4 is 11.3 Å². The molecule has 2 aliphatic rings. The van der Waals surface area contributed by atoms with Gasteiger partial charge in [0.05, 0.1) is 0 Å². The number of piperidine rings is 1. The summed E-state index contributed by atoms with van der Waals surface area (Å²) in [5, 5.41) is 4.68. The third-order valence-electron chi connectivity index (χ3n) is 5.43. The van der Waals surface area contributed by atoms with Crippen molar-refractivity contribution in [3.8, 4) is 0 Å². The summed E-state index contributed by atoms with van der Waals surface area (Å²) in [5.74, 6) is 0.765. The SMILES string of the molecule is C=CCC1CCCCC1(c1ccsc1)N1CCCCC1. The topological polar surface area (TPSA) is 3.24 Å². The van der Waals surface area contributed by atoms with E-state index >= 15 is 0 Å². The van der Waals surface area contributed by atoms with E-state index in [0.29, 0.717) is 5.54 Å². The van der Waals surface area contributed by atoms with Gasteiger partial charge in [-0.25, -0.2) is 0 Å². The lowest BCUT2D eigenvalue weighted by atomic mass is 9.66. The number of nitrogens with zero attached hydrogens (tertiary/aromatic N) is 1. The van der Waals surface area contributed by atoms with E-state index in [4.69, 9.17) is 0 Å². The average Bonchev–Trinajstić information content (AvgIpc) is 3.04. The Morgan fingerprint density at radius 3 is 2.80 bits per heavy atom. The lowest BCUT2D eigenvalue weighted by Gasteiger charge is -2.53. The van der Waals surface area contributed by atoms with Crippen LogP contribution in [-0.2, 0) is 5.54 Å². The Bertz CT molecular complexity index is 419. The molecule has 1 saturated carbocycles. The molecule has 2 heterocycles. The number of likely N-dealkylation sites (tertiary alicyclic amines) is 1. The Kier molecular flexibility index (Phi) is 4.62. The molecule has 1 aliphatic heterocycles. The molecule has 110 valence electrons. The number of hydrogen-bond acceptors (Lipinski definition) is 2. The fourth-order valence-electron chi connectivity index (χ4n) is 4.52. The fourth-order valence-corrected chi connectivity index (χ4v) is 5.26. The predicted molar refractivity (Wildman–Crippen MR) is 88.2 cm³/mol. The van der Waals surface area contributed by atoms with Gasteiger partial charge in [-0.15, -0.1) is 6.58 Å². The van der Waals surface area contributed by atoms with Crippen molar-refractivity contribution in [3.63, 3.8) is 0 Å². The van der Waals surface area contributed by atoms with Crippen LogP contribution in [0.5, 0.6) is 0 Å². The van der Waals surface area contributed by atoms with Crippen molar-refractivity contribution in [2.75, 3.05) is 13.1 Å². The standard InChI is InChI=1S/C18H27NS/c1-2-8-16-9-4-5-11-18(16,17-10-14-20-15-17)19-12-6-3-7-13-19/h2,10,14-16H,1,3-9,11-13H2. The van der Waals surface area contributed by atoms with Crippen LogP contribution in [-0.4, -0.2) is 18.0 Å². The molecule has 1 aromatic heterocycles. The Hall–Kier alpha value is -0.600. The van der Waals surface area contributed by atoms with E-state index in [1.54, 1.807) is 5.56 Å². The van der Waals surface area contributed by atoms with Crippen LogP contribution in [0.4, 0.5) is 0 Å². The van der Waals surface area contributed by atoms with Gasteiger partial charge in [-0.3, -0.25) is 4.90 Å². The second-order valence-electron chi connectivity index (χ2n) is 6.45. The lowest BCUT2D eigenvalue weighted by molar-refractivity contribution is -0.0167. The van der Waals surface area contributed by atoms with Gasteiger partial charge in [0, 0.05) is 5.54 Å². The van der Waals surface area contributed by atoms with Crippen molar-refractivity contribution in [2.24, 2.45) is 5.92 Å². The zero-order valence-corrected chi connectivity index (χ0v) is 13.3. The Morgan fingerprint density at radius 1 is 1.25 bits per heavy atom. The first-order valence-electron chi connectivity index (χ1n) is 8.26. The summed E-state index contributed by atoms with van der Waals surface area (Å²) in [5.41, 5.74) is 1.91. The van der Waals surface area contributed by atoms with E-state index in [1.807, 2.05) is 11.3 Å². The molecule has 0 spiro atoms. The van der Waals surface area contributed by atoms with Gasteiger partial charge in [-0.2, -0.15) is 11.3 Å². The van der Waals surface area contributed by atoms with E-state index in [2.05, 4.69) is 34.4 Å². The zero-order chi connectivity index (χ0) is 13.8. The molecule has 0 amide bonds. The van der Waals surface area contributed by atoms with Gasteiger partial charge in [-0.1, -0.05) is 25.3 Å². The molecule has 3 rings (SSSR count). The van der Waals surface area contributed by atoms with Crippen molar-refractivity contribution in [2.45, 2.75) is 56.9 Å². The molecule has 1 nitrogen and oxygen atoms in total. The maximum Gasteiger partial charge on any atom is 0.0499 e. The van der Waals surface area contributed by atoms with Gasteiger partial charge >= 0.3 is 0 Å². The van der Waals surface area contributed by atoms with Crippen LogP contribution in [0.2, 0.25) is 0 Å². The second-order valence-corrected chi connectivity index (χ2v) is 7.23. The smallest absolute Gasteiger partial charge is 0.0499 e. The molecule has 0 aromatic carbocycles. The fraction of sp³-hybridized carbons (Fsp3) is 0.667. The maximum atomic E-state index is 4.03. The molecular weight excluding hydrogens is 262 g/mol. The molecule has 20 heavy (non-hydrogen) atoms. The summed E-state index contributed by atoms with van der Waals surface area (Å²) in [4.78, 5) is 2.84. The predicted octanol–water partition coefficient (Wildman–Crippen LogP) is 5.20. The first kappa shape index (κ1) is 14.3. The Morgan fingerprint density at radius 2 is 2.10 bits per heavy atom. The van der Waals surface area contributed by atoms with Crippen molar-refractivity contribution < 1.29 is 0 Å². The van der Waals surface area contributed by atoms with Gasteiger partial charge in [-0.05, 0) is 73.5 Å². The molecule has 2 heteroatoms. The van der Waals surface area contributed by atoms with Crippen LogP contribution in [0, 0.1) is 5.92 Å². The van der Waals surface area contributed by atoms with Crippen LogP contribution < -0.4 is 0 Å². The van der Waals surface area contributed by atoms with E-state index in [0.717, 1.165) is 5.92 Å². The maximum absolute atomic E-state index is 4.03. The molecule has 2 unspecified atom stereocenters. The van der Waals surface area contributed by atoms with Crippen LogP contribution >= 0.6 is 11.3 Å². The molecule has 1 aromatic rings. The summed E-state index contributed by atoms with van der Waals surface area (Å²) in [7, 11) is 0. The van der Waals surface area contributed by atoms with Gasteiger partial charge in [0.1, 0.15) is 0 Å². The number of hydrogen-bond donors (Lipinski definition) is 0. The van der Waals surface area contributed by atoms with Crippen LogP contribution in [0.3, 0.4) is 0 Å². The highest BCUT2D eigenvalue weighted by atomic mass is 32.1. The highest BCUT2D eigenvalue weighted by Gasteiger charge is 2.46. The van der Waals surface area contributed by atoms with Crippen molar-refractivity contribution in [3.05, 3.63) is 35.0 Å². The zero-order valence-electron chi connectivity index (χ0n) is 12.5. The summed E-state index contributed by atoms with van der Waals surface area (Å²) in [6, 6.07) is 2.39. The molecule has 0 radical (unpaired) electrons. The third-order valence-corrected chi connectivity index (χ3v) is 6.11. The van der Waals surface area contributed by atoms with Crippen LogP contribution in [0.15, 0.2) is 29.5 Å². The van der Waals surface area contributed by atoms with Crippen LogP contribution in [0.25, 0.3) is 0 Å². The van der Waals surface area contributed by atoms with E-state index < -0.39 is 0 Å². The van der Waals surface area contributed by atoms with E-state index in [-0.39, 0.29) is 0 Å². The number of allylic oxidation sites excluding steroid dienone is 1. The summed E-state index contributed by atoms with van der Waals surface area (Å²) < 4.78 is 0. The van der Waals surface area contributed by atoms with Crippen molar-refractivity contribution in [1.29, 1.82) is 0 Å². The summed E-state index contributed by atoms with van der Waals surface area (Å²) in [6.45, 7) is 6.62. The van der Waals surface area contributed by atoms with E-state index in [1.165, 1.54) is 64.5 Å².